The predicted molar refractivity (Wildman–Crippen MR) is 110 cm³/mol. The highest BCUT2D eigenvalue weighted by Gasteiger charge is 2.45. The van der Waals surface area contributed by atoms with Crippen LogP contribution in [0.5, 0.6) is 17.2 Å². The summed E-state index contributed by atoms with van der Waals surface area (Å²) >= 11 is 0. The van der Waals surface area contributed by atoms with Crippen LogP contribution < -0.4 is 15.1 Å². The Kier molecular flexibility index (Phi) is 6.31. The summed E-state index contributed by atoms with van der Waals surface area (Å²) in [7, 11) is 0. The van der Waals surface area contributed by atoms with Gasteiger partial charge in [0.05, 0.1) is 17.6 Å². The van der Waals surface area contributed by atoms with E-state index < -0.39 is 60.4 Å². The normalized spacial score (nSPS) is 25.0. The molecule has 174 valence electrons. The van der Waals surface area contributed by atoms with Crippen molar-refractivity contribution in [2.24, 2.45) is 0 Å². The number of esters is 1. The Balaban J connectivity index is 1.65. The SMILES string of the molecule is O=C(Oc1ccc2c(O[C@@H]3O[C@H](CO)[C@@H](O)[C@H](O)[C@@H]3O)c(O)c(=O)oc2c1)c1ccccc1. The van der Waals surface area contributed by atoms with Gasteiger partial charge in [0.1, 0.15) is 35.7 Å². The van der Waals surface area contributed by atoms with Gasteiger partial charge in [-0.25, -0.2) is 9.59 Å². The minimum Gasteiger partial charge on any atom is -0.499 e. The second-order valence-corrected chi connectivity index (χ2v) is 7.30. The number of benzene rings is 2. The van der Waals surface area contributed by atoms with Gasteiger partial charge in [-0.05, 0) is 24.3 Å². The predicted octanol–water partition coefficient (Wildman–Crippen LogP) is -0.104. The molecule has 1 saturated heterocycles. The van der Waals surface area contributed by atoms with E-state index in [9.17, 15) is 35.1 Å². The van der Waals surface area contributed by atoms with Crippen LogP contribution in [0.3, 0.4) is 0 Å². The van der Waals surface area contributed by atoms with Crippen LogP contribution in [0.25, 0.3) is 11.0 Å². The lowest BCUT2D eigenvalue weighted by Crippen LogP contribution is -2.60. The molecular weight excluding hydrogens is 440 g/mol. The topological polar surface area (TPSA) is 176 Å². The van der Waals surface area contributed by atoms with Crippen molar-refractivity contribution in [1.29, 1.82) is 0 Å². The highest BCUT2D eigenvalue weighted by atomic mass is 16.7. The zero-order valence-electron chi connectivity index (χ0n) is 16.9. The van der Waals surface area contributed by atoms with E-state index in [4.69, 9.17) is 18.6 Å². The number of ether oxygens (including phenoxy) is 3. The van der Waals surface area contributed by atoms with Gasteiger partial charge in [-0.3, -0.25) is 0 Å². The Morgan fingerprint density at radius 1 is 1.00 bits per heavy atom. The third-order valence-corrected chi connectivity index (χ3v) is 5.11. The molecule has 1 aromatic heterocycles. The summed E-state index contributed by atoms with van der Waals surface area (Å²) in [5, 5.41) is 49.6. The zero-order chi connectivity index (χ0) is 23.7. The van der Waals surface area contributed by atoms with Crippen LogP contribution in [-0.2, 0) is 4.74 Å². The molecule has 5 atom stereocenters. The first-order valence-corrected chi connectivity index (χ1v) is 9.84. The summed E-state index contributed by atoms with van der Waals surface area (Å²) in [6.45, 7) is -0.690. The number of hydrogen-bond donors (Lipinski definition) is 5. The van der Waals surface area contributed by atoms with Crippen molar-refractivity contribution in [3.8, 4) is 17.2 Å². The molecule has 0 unspecified atom stereocenters. The first-order valence-electron chi connectivity index (χ1n) is 9.84. The molecule has 0 spiro atoms. The lowest BCUT2D eigenvalue weighted by atomic mass is 9.99. The average molecular weight is 460 g/mol. The van der Waals surface area contributed by atoms with Crippen LogP contribution >= 0.6 is 0 Å². The average Bonchev–Trinajstić information content (AvgIpc) is 2.82. The van der Waals surface area contributed by atoms with Crippen molar-refractivity contribution in [1.82, 2.24) is 0 Å². The molecule has 1 fully saturated rings. The fraction of sp³-hybridized carbons (Fsp3) is 0.273. The van der Waals surface area contributed by atoms with Crippen molar-refractivity contribution < 1.29 is 49.0 Å². The number of rotatable bonds is 5. The molecule has 1 aliphatic rings. The number of hydrogen-bond acceptors (Lipinski definition) is 11. The Morgan fingerprint density at radius 2 is 1.73 bits per heavy atom. The molecular formula is C22H20O11. The first kappa shape index (κ1) is 22.7. The molecule has 11 heteroatoms. The van der Waals surface area contributed by atoms with E-state index in [1.807, 2.05) is 0 Å². The van der Waals surface area contributed by atoms with Crippen LogP contribution in [0.4, 0.5) is 0 Å². The summed E-state index contributed by atoms with van der Waals surface area (Å²) < 4.78 is 21.1. The third-order valence-electron chi connectivity index (χ3n) is 5.11. The van der Waals surface area contributed by atoms with Gasteiger partial charge in [0, 0.05) is 6.07 Å². The van der Waals surface area contributed by atoms with Crippen molar-refractivity contribution in [3.05, 3.63) is 64.5 Å². The highest BCUT2D eigenvalue weighted by Crippen LogP contribution is 2.36. The summed E-state index contributed by atoms with van der Waals surface area (Å²) in [6.07, 6.45) is -8.01. The van der Waals surface area contributed by atoms with Gasteiger partial charge >= 0.3 is 11.6 Å². The highest BCUT2D eigenvalue weighted by molar-refractivity contribution is 5.92. The fourth-order valence-corrected chi connectivity index (χ4v) is 3.35. The Labute approximate surface area is 185 Å². The number of aliphatic hydroxyl groups excluding tert-OH is 4. The van der Waals surface area contributed by atoms with Gasteiger partial charge in [0.25, 0.3) is 0 Å². The third kappa shape index (κ3) is 4.40. The zero-order valence-corrected chi connectivity index (χ0v) is 16.9. The minimum atomic E-state index is -1.77. The maximum Gasteiger partial charge on any atom is 0.382 e. The summed E-state index contributed by atoms with van der Waals surface area (Å²) in [6, 6.07) is 12.1. The number of fused-ring (bicyclic) bond motifs is 1. The number of aromatic hydroxyl groups is 1. The largest absolute Gasteiger partial charge is 0.499 e. The second-order valence-electron chi connectivity index (χ2n) is 7.30. The number of carbonyl (C=O) groups is 1. The second kappa shape index (κ2) is 9.17. The molecule has 33 heavy (non-hydrogen) atoms. The molecule has 11 nitrogen and oxygen atoms in total. The van der Waals surface area contributed by atoms with E-state index in [0.29, 0.717) is 5.56 Å². The molecule has 0 saturated carbocycles. The van der Waals surface area contributed by atoms with Crippen molar-refractivity contribution in [2.75, 3.05) is 6.61 Å². The van der Waals surface area contributed by atoms with E-state index in [1.165, 1.54) is 18.2 Å². The molecule has 1 aliphatic heterocycles. The quantitative estimate of drug-likeness (QED) is 0.195. The molecule has 2 aromatic carbocycles. The standard InChI is InChI=1S/C22H20O11/c23-9-14-15(24)16(25)17(26)22(32-14)33-19-12-7-6-11(8-13(12)31-21(29)18(19)27)30-20(28)10-4-2-1-3-5-10/h1-8,14-17,22-27H,9H2/t14-,15-,16+,17+,22+/m1/s1. The van der Waals surface area contributed by atoms with Crippen LogP contribution in [0, 0.1) is 0 Å². The van der Waals surface area contributed by atoms with Gasteiger partial charge in [-0.1, -0.05) is 18.2 Å². The summed E-state index contributed by atoms with van der Waals surface area (Å²) in [5.41, 5.74) is -0.999. The molecule has 5 N–H and O–H groups in total. The maximum atomic E-state index is 12.3. The molecule has 0 radical (unpaired) electrons. The van der Waals surface area contributed by atoms with Crippen molar-refractivity contribution >= 4 is 16.9 Å². The van der Waals surface area contributed by atoms with Crippen LogP contribution in [-0.4, -0.2) is 68.8 Å². The molecule has 0 aliphatic carbocycles. The van der Waals surface area contributed by atoms with E-state index >= 15 is 0 Å². The van der Waals surface area contributed by atoms with Crippen LogP contribution in [0.2, 0.25) is 0 Å². The monoisotopic (exact) mass is 460 g/mol. The van der Waals surface area contributed by atoms with Crippen molar-refractivity contribution in [2.45, 2.75) is 30.7 Å². The van der Waals surface area contributed by atoms with Gasteiger partial charge in [0.2, 0.25) is 12.0 Å². The summed E-state index contributed by atoms with van der Waals surface area (Å²) in [4.78, 5) is 24.4. The summed E-state index contributed by atoms with van der Waals surface area (Å²) in [5.74, 6) is -1.97. The van der Waals surface area contributed by atoms with Crippen molar-refractivity contribution in [3.63, 3.8) is 0 Å². The van der Waals surface area contributed by atoms with Gasteiger partial charge in [0.15, 0.2) is 5.75 Å². The molecule has 0 amide bonds. The lowest BCUT2D eigenvalue weighted by Gasteiger charge is -2.39. The molecule has 2 heterocycles. The van der Waals surface area contributed by atoms with E-state index in [2.05, 4.69) is 0 Å². The lowest BCUT2D eigenvalue weighted by molar-refractivity contribution is -0.277. The molecule has 4 rings (SSSR count). The fourth-order valence-electron chi connectivity index (χ4n) is 3.35. The minimum absolute atomic E-state index is 0.0454. The van der Waals surface area contributed by atoms with Gasteiger partial charge < -0.3 is 44.2 Å². The van der Waals surface area contributed by atoms with Gasteiger partial charge in [-0.2, -0.15) is 0 Å². The molecule has 3 aromatic rings. The van der Waals surface area contributed by atoms with Gasteiger partial charge in [-0.15, -0.1) is 0 Å². The van der Waals surface area contributed by atoms with Crippen LogP contribution in [0.15, 0.2) is 57.7 Å². The van der Waals surface area contributed by atoms with Crippen LogP contribution in [0.1, 0.15) is 10.4 Å². The van der Waals surface area contributed by atoms with E-state index in [-0.39, 0.29) is 16.7 Å². The maximum absolute atomic E-state index is 12.3. The first-order chi connectivity index (χ1) is 15.8. The Bertz CT molecular complexity index is 1200. The Morgan fingerprint density at radius 3 is 2.42 bits per heavy atom. The number of carbonyl (C=O) groups excluding carboxylic acids is 1. The van der Waals surface area contributed by atoms with E-state index in [1.54, 1.807) is 30.3 Å². The smallest absolute Gasteiger partial charge is 0.382 e. The molecule has 0 bridgehead atoms. The number of aliphatic hydroxyl groups is 4. The van der Waals surface area contributed by atoms with E-state index in [0.717, 1.165) is 0 Å². The Hall–Kier alpha value is -3.48.